The van der Waals surface area contributed by atoms with Gasteiger partial charge >= 0.3 is 5.97 Å². The molecule has 9 heteroatoms. The predicted octanol–water partition coefficient (Wildman–Crippen LogP) is 1.84. The van der Waals surface area contributed by atoms with E-state index >= 15 is 0 Å². The monoisotopic (exact) mass is 452 g/mol. The molecule has 2 atom stereocenters. The molecule has 0 saturated carbocycles. The van der Waals surface area contributed by atoms with Gasteiger partial charge in [-0.3, -0.25) is 19.8 Å². The molecule has 2 aromatic rings. The third kappa shape index (κ3) is 6.31. The lowest BCUT2D eigenvalue weighted by atomic mass is 10.0. The minimum Gasteiger partial charge on any atom is -0.491 e. The molecule has 5 N–H and O–H groups in total. The first-order valence-corrected chi connectivity index (χ1v) is 10.7. The number of benzene rings is 2. The molecule has 2 aromatic carbocycles. The van der Waals surface area contributed by atoms with E-state index in [-0.39, 0.29) is 36.7 Å². The van der Waals surface area contributed by atoms with Crippen molar-refractivity contribution in [3.8, 4) is 16.9 Å². The molecule has 1 aliphatic rings. The molecule has 1 aliphatic heterocycles. The van der Waals surface area contributed by atoms with E-state index in [2.05, 4.69) is 5.32 Å². The molecule has 0 aromatic heterocycles. The summed E-state index contributed by atoms with van der Waals surface area (Å²) >= 11 is 0. The minimum absolute atomic E-state index is 0.0207. The average molecular weight is 453 g/mol. The second kappa shape index (κ2) is 10.6. The molecule has 0 aliphatic carbocycles. The Hall–Kier alpha value is -3.88. The van der Waals surface area contributed by atoms with Gasteiger partial charge in [0.25, 0.3) is 0 Å². The van der Waals surface area contributed by atoms with Crippen LogP contribution in [0.2, 0.25) is 0 Å². The van der Waals surface area contributed by atoms with Crippen LogP contribution in [0.5, 0.6) is 5.75 Å². The highest BCUT2D eigenvalue weighted by Crippen LogP contribution is 2.28. The number of carbonyl (C=O) groups is 3. The number of nitrogen functional groups attached to an aromatic ring is 1. The molecule has 0 spiro atoms. The second-order valence-electron chi connectivity index (χ2n) is 8.03. The highest BCUT2D eigenvalue weighted by Gasteiger charge is 2.40. The summed E-state index contributed by atoms with van der Waals surface area (Å²) in [5, 5.41) is 19.2. The van der Waals surface area contributed by atoms with Gasteiger partial charge in [0.2, 0.25) is 11.8 Å². The summed E-state index contributed by atoms with van der Waals surface area (Å²) in [6.07, 6.45) is 0.175. The van der Waals surface area contributed by atoms with Gasteiger partial charge in [0.15, 0.2) is 0 Å². The van der Waals surface area contributed by atoms with Crippen molar-refractivity contribution < 1.29 is 24.2 Å². The largest absolute Gasteiger partial charge is 0.491 e. The number of carboxylic acids is 1. The number of nitrogens with two attached hydrogens (primary N) is 1. The van der Waals surface area contributed by atoms with Crippen LogP contribution in [0, 0.1) is 11.3 Å². The van der Waals surface area contributed by atoms with Crippen LogP contribution >= 0.6 is 0 Å². The zero-order valence-corrected chi connectivity index (χ0v) is 18.4. The Morgan fingerprint density at radius 3 is 2.30 bits per heavy atom. The minimum atomic E-state index is -1.01. The van der Waals surface area contributed by atoms with E-state index in [1.165, 1.54) is 6.92 Å². The van der Waals surface area contributed by atoms with Crippen molar-refractivity contribution >= 4 is 23.6 Å². The highest BCUT2D eigenvalue weighted by atomic mass is 16.5. The fraction of sp³-hybridized carbons (Fsp3) is 0.333. The van der Waals surface area contributed by atoms with Gasteiger partial charge in [-0.2, -0.15) is 0 Å². The number of aliphatic carboxylic acids is 1. The molecule has 1 fully saturated rings. The topological polar surface area (TPSA) is 146 Å². The molecule has 3 rings (SSSR count). The van der Waals surface area contributed by atoms with Crippen LogP contribution in [0.25, 0.3) is 11.1 Å². The average Bonchev–Trinajstić information content (AvgIpc) is 3.06. The number of carbonyl (C=O) groups excluding carboxylic acids is 2. The van der Waals surface area contributed by atoms with E-state index in [9.17, 15) is 14.4 Å². The fourth-order valence-corrected chi connectivity index (χ4v) is 3.93. The summed E-state index contributed by atoms with van der Waals surface area (Å²) in [5.41, 5.74) is 8.11. The molecule has 2 amide bonds. The van der Waals surface area contributed by atoms with Crippen molar-refractivity contribution in [2.45, 2.75) is 25.8 Å². The number of nitrogens with zero attached hydrogens (tertiary/aromatic N) is 1. The zero-order chi connectivity index (χ0) is 24.0. The first-order chi connectivity index (χ1) is 15.7. The lowest BCUT2D eigenvalue weighted by Gasteiger charge is -2.25. The summed E-state index contributed by atoms with van der Waals surface area (Å²) in [6, 6.07) is 14.6. The molecule has 1 saturated heterocycles. The summed E-state index contributed by atoms with van der Waals surface area (Å²) in [7, 11) is 0. The molecule has 174 valence electrons. The maximum atomic E-state index is 12.7. The van der Waals surface area contributed by atoms with E-state index < -0.39 is 11.9 Å². The molecule has 0 bridgehead atoms. The molecule has 0 radical (unpaired) electrons. The van der Waals surface area contributed by atoms with Gasteiger partial charge in [-0.25, -0.2) is 0 Å². The van der Waals surface area contributed by atoms with Gasteiger partial charge < -0.3 is 25.8 Å². The highest BCUT2D eigenvalue weighted by molar-refractivity contribution is 5.95. The van der Waals surface area contributed by atoms with Crippen LogP contribution in [0.3, 0.4) is 0 Å². The van der Waals surface area contributed by atoms with E-state index in [0.717, 1.165) is 11.1 Å². The smallest absolute Gasteiger partial charge is 0.304 e. The maximum Gasteiger partial charge on any atom is 0.304 e. The van der Waals surface area contributed by atoms with Crippen LogP contribution in [-0.2, 0) is 14.4 Å². The van der Waals surface area contributed by atoms with Gasteiger partial charge in [0.05, 0.1) is 18.4 Å². The Morgan fingerprint density at radius 2 is 1.76 bits per heavy atom. The van der Waals surface area contributed by atoms with Crippen LogP contribution in [-0.4, -0.2) is 59.4 Å². The third-order valence-corrected chi connectivity index (χ3v) is 5.60. The normalized spacial score (nSPS) is 17.6. The maximum absolute atomic E-state index is 12.7. The summed E-state index contributed by atoms with van der Waals surface area (Å²) in [4.78, 5) is 36.6. The standard InChI is InChI=1S/C24H28N4O5/c1-15(29)27-10-11-28-20(12-19(24(28)32)13-22(30)31)14-33-21-8-6-17(7-9-21)16-2-4-18(5-3-16)23(25)26/h2-9,19-20H,10-14H2,1H3,(H3,25,26)(H,27,29)(H,30,31)/t19-,20-/m0/s1. The SMILES string of the molecule is CC(=O)NCCN1C(=O)[C@H](CC(=O)O)C[C@H]1COc1ccc(-c2ccc(C(=N)N)cc2)cc1. The van der Waals surface area contributed by atoms with Crippen molar-refractivity contribution in [3.05, 3.63) is 54.1 Å². The van der Waals surface area contributed by atoms with Crippen LogP contribution in [0.15, 0.2) is 48.5 Å². The van der Waals surface area contributed by atoms with E-state index in [0.29, 0.717) is 30.8 Å². The molecule has 9 nitrogen and oxygen atoms in total. The Morgan fingerprint density at radius 1 is 1.15 bits per heavy atom. The first kappa shape index (κ1) is 23.8. The summed E-state index contributed by atoms with van der Waals surface area (Å²) in [5.74, 6) is -1.35. The number of hydrogen-bond acceptors (Lipinski definition) is 5. The number of ether oxygens (including phenoxy) is 1. The van der Waals surface area contributed by atoms with Crippen LogP contribution < -0.4 is 15.8 Å². The van der Waals surface area contributed by atoms with E-state index in [1.54, 1.807) is 17.0 Å². The van der Waals surface area contributed by atoms with Gasteiger partial charge in [0, 0.05) is 25.6 Å². The molecule has 1 heterocycles. The number of rotatable bonds is 10. The van der Waals surface area contributed by atoms with Gasteiger partial charge in [-0.05, 0) is 29.7 Å². The molecule has 0 unspecified atom stereocenters. The summed E-state index contributed by atoms with van der Waals surface area (Å²) in [6.45, 7) is 2.24. The van der Waals surface area contributed by atoms with Crippen molar-refractivity contribution in [1.82, 2.24) is 10.2 Å². The number of amidine groups is 1. The Kier molecular flexibility index (Phi) is 7.66. The summed E-state index contributed by atoms with van der Waals surface area (Å²) < 4.78 is 5.92. The lowest BCUT2D eigenvalue weighted by Crippen LogP contribution is -2.42. The Balaban J connectivity index is 1.63. The fourth-order valence-electron chi connectivity index (χ4n) is 3.93. The van der Waals surface area contributed by atoms with Gasteiger partial charge in [-0.15, -0.1) is 0 Å². The predicted molar refractivity (Wildman–Crippen MR) is 123 cm³/mol. The number of likely N-dealkylation sites (tertiary alicyclic amines) is 1. The molecule has 33 heavy (non-hydrogen) atoms. The van der Waals surface area contributed by atoms with E-state index in [4.69, 9.17) is 21.0 Å². The third-order valence-electron chi connectivity index (χ3n) is 5.60. The first-order valence-electron chi connectivity index (χ1n) is 10.7. The number of carboxylic acid groups (broad SMARTS) is 1. The van der Waals surface area contributed by atoms with Crippen molar-refractivity contribution in [1.29, 1.82) is 5.41 Å². The number of nitrogens with one attached hydrogen (secondary N) is 2. The second-order valence-corrected chi connectivity index (χ2v) is 8.03. The van der Waals surface area contributed by atoms with Gasteiger partial charge in [-0.1, -0.05) is 36.4 Å². The quantitative estimate of drug-likeness (QED) is 0.320. The van der Waals surface area contributed by atoms with Crippen molar-refractivity contribution in [2.75, 3.05) is 19.7 Å². The zero-order valence-electron chi connectivity index (χ0n) is 18.4. The van der Waals surface area contributed by atoms with Crippen molar-refractivity contribution in [2.24, 2.45) is 11.7 Å². The molecular weight excluding hydrogens is 424 g/mol. The van der Waals surface area contributed by atoms with Gasteiger partial charge in [0.1, 0.15) is 18.2 Å². The lowest BCUT2D eigenvalue weighted by molar-refractivity contribution is -0.142. The van der Waals surface area contributed by atoms with Crippen LogP contribution in [0.1, 0.15) is 25.3 Å². The van der Waals surface area contributed by atoms with E-state index in [1.807, 2.05) is 36.4 Å². The van der Waals surface area contributed by atoms with Crippen molar-refractivity contribution in [3.63, 3.8) is 0 Å². The Bertz CT molecular complexity index is 1020. The Labute approximate surface area is 192 Å². The number of hydrogen-bond donors (Lipinski definition) is 4. The number of amides is 2. The molecular formula is C24H28N4O5. The van der Waals surface area contributed by atoms with Crippen LogP contribution in [0.4, 0.5) is 0 Å².